The van der Waals surface area contributed by atoms with Gasteiger partial charge in [-0.25, -0.2) is 4.98 Å². The van der Waals surface area contributed by atoms with Crippen LogP contribution >= 0.6 is 0 Å². The van der Waals surface area contributed by atoms with Crippen LogP contribution in [-0.4, -0.2) is 29.6 Å². The quantitative estimate of drug-likeness (QED) is 0.905. The second kappa shape index (κ2) is 6.73. The Balaban J connectivity index is 2.30. The van der Waals surface area contributed by atoms with Gasteiger partial charge in [-0.15, -0.1) is 0 Å². The molecular formula is C15H26N4. The molecule has 2 rings (SSSR count). The van der Waals surface area contributed by atoms with Crippen molar-refractivity contribution < 1.29 is 0 Å². The Kier molecular flexibility index (Phi) is 5.00. The summed E-state index contributed by atoms with van der Waals surface area (Å²) in [5, 5.41) is 3.37. The van der Waals surface area contributed by atoms with E-state index in [0.717, 1.165) is 37.8 Å². The van der Waals surface area contributed by atoms with Crippen molar-refractivity contribution in [2.24, 2.45) is 0 Å². The molecule has 4 nitrogen and oxygen atoms in total. The summed E-state index contributed by atoms with van der Waals surface area (Å²) < 4.78 is 0. The van der Waals surface area contributed by atoms with Crippen LogP contribution in [0.1, 0.15) is 50.8 Å². The van der Waals surface area contributed by atoms with Gasteiger partial charge in [-0.05, 0) is 33.1 Å². The lowest BCUT2D eigenvalue weighted by atomic mass is 10.2. The average Bonchev–Trinajstić information content (AvgIpc) is 2.70. The summed E-state index contributed by atoms with van der Waals surface area (Å²) in [6.45, 7) is 9.48. The summed E-state index contributed by atoms with van der Waals surface area (Å²) >= 11 is 0. The standard InChI is InChI=1S/C15H26N4/c1-4-13-12(3)14(16-5-2)18-15(17-13)19-10-8-6-7-9-11-19/h4-11H2,1-3H3,(H,16,17,18). The molecule has 1 aliphatic heterocycles. The molecule has 1 aromatic rings. The lowest BCUT2D eigenvalue weighted by Gasteiger charge is -2.22. The first kappa shape index (κ1) is 14.1. The van der Waals surface area contributed by atoms with Gasteiger partial charge < -0.3 is 10.2 Å². The minimum Gasteiger partial charge on any atom is -0.370 e. The van der Waals surface area contributed by atoms with E-state index in [1.54, 1.807) is 0 Å². The Labute approximate surface area is 116 Å². The molecule has 2 heterocycles. The molecule has 0 saturated carbocycles. The first-order chi connectivity index (χ1) is 9.26. The van der Waals surface area contributed by atoms with Crippen LogP contribution in [0.2, 0.25) is 0 Å². The maximum atomic E-state index is 4.77. The van der Waals surface area contributed by atoms with Crippen molar-refractivity contribution in [3.63, 3.8) is 0 Å². The molecule has 0 bridgehead atoms. The molecule has 1 aliphatic rings. The zero-order chi connectivity index (χ0) is 13.7. The van der Waals surface area contributed by atoms with E-state index >= 15 is 0 Å². The van der Waals surface area contributed by atoms with Crippen LogP contribution < -0.4 is 10.2 Å². The van der Waals surface area contributed by atoms with Crippen molar-refractivity contribution in [1.29, 1.82) is 0 Å². The molecule has 1 aromatic heterocycles. The lowest BCUT2D eigenvalue weighted by Crippen LogP contribution is -2.27. The van der Waals surface area contributed by atoms with Crippen LogP contribution in [0.4, 0.5) is 11.8 Å². The highest BCUT2D eigenvalue weighted by molar-refractivity contribution is 5.50. The van der Waals surface area contributed by atoms with Gasteiger partial charge in [0.25, 0.3) is 0 Å². The molecule has 0 aliphatic carbocycles. The van der Waals surface area contributed by atoms with Gasteiger partial charge in [0, 0.05) is 25.2 Å². The molecule has 0 radical (unpaired) electrons. The molecule has 19 heavy (non-hydrogen) atoms. The van der Waals surface area contributed by atoms with Crippen LogP contribution in [0, 0.1) is 6.92 Å². The highest BCUT2D eigenvalue weighted by Crippen LogP contribution is 2.22. The highest BCUT2D eigenvalue weighted by atomic mass is 15.3. The van der Waals surface area contributed by atoms with Crippen LogP contribution in [-0.2, 0) is 6.42 Å². The maximum absolute atomic E-state index is 4.77. The summed E-state index contributed by atoms with van der Waals surface area (Å²) in [5.74, 6) is 1.92. The number of rotatable bonds is 4. The molecule has 1 N–H and O–H groups in total. The second-order valence-electron chi connectivity index (χ2n) is 5.23. The van der Waals surface area contributed by atoms with Crippen LogP contribution in [0.5, 0.6) is 0 Å². The molecule has 0 atom stereocenters. The van der Waals surface area contributed by atoms with Gasteiger partial charge in [0.1, 0.15) is 5.82 Å². The highest BCUT2D eigenvalue weighted by Gasteiger charge is 2.16. The maximum Gasteiger partial charge on any atom is 0.227 e. The van der Waals surface area contributed by atoms with Gasteiger partial charge in [-0.1, -0.05) is 19.8 Å². The fraction of sp³-hybridized carbons (Fsp3) is 0.733. The third-order valence-electron chi connectivity index (χ3n) is 3.80. The SMILES string of the molecule is CCNc1nc(N2CCCCCC2)nc(CC)c1C. The number of nitrogens with one attached hydrogen (secondary N) is 1. The molecule has 1 saturated heterocycles. The van der Waals surface area contributed by atoms with Crippen molar-refractivity contribution in [1.82, 2.24) is 9.97 Å². The Morgan fingerprint density at radius 1 is 1.05 bits per heavy atom. The molecule has 1 fully saturated rings. The van der Waals surface area contributed by atoms with E-state index in [2.05, 4.69) is 31.0 Å². The van der Waals surface area contributed by atoms with E-state index in [9.17, 15) is 0 Å². The average molecular weight is 262 g/mol. The lowest BCUT2D eigenvalue weighted by molar-refractivity contribution is 0.726. The third-order valence-corrected chi connectivity index (χ3v) is 3.80. The first-order valence-electron chi connectivity index (χ1n) is 7.62. The van der Waals surface area contributed by atoms with Gasteiger partial charge >= 0.3 is 0 Å². The van der Waals surface area contributed by atoms with Crippen molar-refractivity contribution in [2.45, 2.75) is 52.9 Å². The van der Waals surface area contributed by atoms with E-state index < -0.39 is 0 Å². The van der Waals surface area contributed by atoms with Crippen molar-refractivity contribution in [3.05, 3.63) is 11.3 Å². The van der Waals surface area contributed by atoms with E-state index in [1.165, 1.54) is 36.9 Å². The third kappa shape index (κ3) is 3.37. The smallest absolute Gasteiger partial charge is 0.227 e. The van der Waals surface area contributed by atoms with Crippen LogP contribution in [0.15, 0.2) is 0 Å². The number of hydrogen-bond donors (Lipinski definition) is 1. The molecular weight excluding hydrogens is 236 g/mol. The number of aromatic nitrogens is 2. The van der Waals surface area contributed by atoms with Crippen molar-refractivity contribution in [3.8, 4) is 0 Å². The Morgan fingerprint density at radius 2 is 1.74 bits per heavy atom. The minimum absolute atomic E-state index is 0.903. The fourth-order valence-electron chi connectivity index (χ4n) is 2.65. The predicted molar refractivity (Wildman–Crippen MR) is 81.0 cm³/mol. The van der Waals surface area contributed by atoms with Gasteiger partial charge in [0.05, 0.1) is 5.69 Å². The number of anilines is 2. The summed E-state index contributed by atoms with van der Waals surface area (Å²) in [4.78, 5) is 11.9. The molecule has 4 heteroatoms. The van der Waals surface area contributed by atoms with Gasteiger partial charge in [0.15, 0.2) is 0 Å². The zero-order valence-electron chi connectivity index (χ0n) is 12.5. The molecule has 0 unspecified atom stereocenters. The summed E-state index contributed by atoms with van der Waals surface area (Å²) in [5.41, 5.74) is 2.37. The monoisotopic (exact) mass is 262 g/mol. The van der Waals surface area contributed by atoms with Crippen molar-refractivity contribution >= 4 is 11.8 Å². The predicted octanol–water partition coefficient (Wildman–Crippen LogP) is 3.16. The normalized spacial score (nSPS) is 16.3. The molecule has 0 spiro atoms. The summed E-state index contributed by atoms with van der Waals surface area (Å²) in [6, 6.07) is 0. The van der Waals surface area contributed by atoms with Crippen LogP contribution in [0.25, 0.3) is 0 Å². The first-order valence-corrected chi connectivity index (χ1v) is 7.62. The number of nitrogens with zero attached hydrogens (tertiary/aromatic N) is 3. The largest absolute Gasteiger partial charge is 0.370 e. The topological polar surface area (TPSA) is 41.1 Å². The number of aryl methyl sites for hydroxylation is 1. The van der Waals surface area contributed by atoms with Crippen LogP contribution in [0.3, 0.4) is 0 Å². The molecule has 106 valence electrons. The van der Waals surface area contributed by atoms with Crippen molar-refractivity contribution in [2.75, 3.05) is 29.9 Å². The van der Waals surface area contributed by atoms with E-state index in [-0.39, 0.29) is 0 Å². The molecule has 0 aromatic carbocycles. The van der Waals surface area contributed by atoms with Gasteiger partial charge in [-0.2, -0.15) is 4.98 Å². The Hall–Kier alpha value is -1.32. The van der Waals surface area contributed by atoms with Gasteiger partial charge in [0.2, 0.25) is 5.95 Å². The second-order valence-corrected chi connectivity index (χ2v) is 5.23. The molecule has 0 amide bonds. The van der Waals surface area contributed by atoms with E-state index in [0.29, 0.717) is 0 Å². The zero-order valence-corrected chi connectivity index (χ0v) is 12.5. The summed E-state index contributed by atoms with van der Waals surface area (Å²) in [6.07, 6.45) is 6.16. The fourth-order valence-corrected chi connectivity index (χ4v) is 2.65. The Morgan fingerprint density at radius 3 is 2.32 bits per heavy atom. The minimum atomic E-state index is 0.903. The van der Waals surface area contributed by atoms with E-state index in [1.807, 2.05) is 0 Å². The van der Waals surface area contributed by atoms with Gasteiger partial charge in [-0.3, -0.25) is 0 Å². The summed E-state index contributed by atoms with van der Waals surface area (Å²) in [7, 11) is 0. The van der Waals surface area contributed by atoms with E-state index in [4.69, 9.17) is 9.97 Å². The Bertz CT molecular complexity index is 409. The number of hydrogen-bond acceptors (Lipinski definition) is 4.